The molecule has 112 valence electrons. The molecule has 0 saturated carbocycles. The molecule has 0 aliphatic carbocycles. The molecule has 2 N–H and O–H groups in total. The van der Waals surface area contributed by atoms with Crippen LogP contribution in [-0.4, -0.2) is 15.7 Å². The van der Waals surface area contributed by atoms with Crippen molar-refractivity contribution in [2.75, 3.05) is 5.43 Å². The Morgan fingerprint density at radius 2 is 1.96 bits per heavy atom. The maximum atomic E-state index is 12.0. The summed E-state index contributed by atoms with van der Waals surface area (Å²) in [6.45, 7) is 0. The first-order valence-corrected chi connectivity index (χ1v) is 7.04. The third-order valence-corrected chi connectivity index (χ3v) is 3.34. The number of hydrazone groups is 1. The number of rotatable bonds is 3. The molecule has 0 spiro atoms. The van der Waals surface area contributed by atoms with E-state index in [0.717, 1.165) is 0 Å². The Bertz CT molecular complexity index is 986. The van der Waals surface area contributed by atoms with Gasteiger partial charge in [-0.2, -0.15) is 10.4 Å². The summed E-state index contributed by atoms with van der Waals surface area (Å²) in [4.78, 5) is 18.9. The molecule has 0 radical (unpaired) electrons. The second kappa shape index (κ2) is 6.30. The number of halogens is 1. The minimum atomic E-state index is -0.319. The molecule has 23 heavy (non-hydrogen) atoms. The molecule has 0 aliphatic rings. The van der Waals surface area contributed by atoms with E-state index < -0.39 is 0 Å². The highest BCUT2D eigenvalue weighted by Gasteiger charge is 2.09. The smallest absolute Gasteiger partial charge is 0.259 e. The quantitative estimate of drug-likeness (QED) is 0.572. The summed E-state index contributed by atoms with van der Waals surface area (Å²) in [5.74, 6) is 0.109. The third-order valence-electron chi connectivity index (χ3n) is 3.08. The average molecular weight is 324 g/mol. The number of aromatic nitrogens is 2. The summed E-state index contributed by atoms with van der Waals surface area (Å²) in [6, 6.07) is 15.6. The lowest BCUT2D eigenvalue weighted by molar-refractivity contribution is 1.13. The van der Waals surface area contributed by atoms with E-state index in [-0.39, 0.29) is 17.1 Å². The zero-order chi connectivity index (χ0) is 16.2. The van der Waals surface area contributed by atoms with E-state index in [4.69, 9.17) is 11.6 Å². The number of H-pyrrole nitrogens is 1. The molecule has 6 nitrogen and oxygen atoms in total. The van der Waals surface area contributed by atoms with Gasteiger partial charge in [-0.25, -0.2) is 4.98 Å². The van der Waals surface area contributed by atoms with Gasteiger partial charge in [0, 0.05) is 5.02 Å². The number of para-hydroxylation sites is 1. The summed E-state index contributed by atoms with van der Waals surface area (Å²) in [5.41, 5.74) is 3.55. The normalized spacial score (nSPS) is 11.2. The minimum Gasteiger partial charge on any atom is -0.304 e. The van der Waals surface area contributed by atoms with Crippen LogP contribution in [-0.2, 0) is 0 Å². The Morgan fingerprint density at radius 3 is 2.70 bits per heavy atom. The van der Waals surface area contributed by atoms with Gasteiger partial charge in [-0.3, -0.25) is 10.2 Å². The number of aromatic amines is 1. The molecule has 3 aromatic rings. The lowest BCUT2D eigenvalue weighted by Crippen LogP contribution is -2.16. The summed E-state index contributed by atoms with van der Waals surface area (Å²) in [7, 11) is 0. The first-order valence-electron chi connectivity index (χ1n) is 6.66. The van der Waals surface area contributed by atoms with Crippen LogP contribution in [0.1, 0.15) is 5.82 Å². The number of nitriles is 1. The highest BCUT2D eigenvalue weighted by Crippen LogP contribution is 2.13. The lowest BCUT2D eigenvalue weighted by atomic mass is 10.2. The molecule has 7 heteroatoms. The average Bonchev–Trinajstić information content (AvgIpc) is 2.57. The fourth-order valence-corrected chi connectivity index (χ4v) is 2.10. The van der Waals surface area contributed by atoms with E-state index in [1.165, 1.54) is 0 Å². The SMILES string of the molecule is N#C/C(=N/Nc1ccc(Cl)cc1)c1nc2ccccc2c(=O)[nH]1. The number of nitrogens with zero attached hydrogens (tertiary/aromatic N) is 3. The summed E-state index contributed by atoms with van der Waals surface area (Å²) in [6.07, 6.45) is 0. The molecule has 0 unspecified atom stereocenters. The van der Waals surface area contributed by atoms with Crippen LogP contribution in [0.2, 0.25) is 5.02 Å². The van der Waals surface area contributed by atoms with Crippen molar-refractivity contribution in [2.24, 2.45) is 5.10 Å². The molecule has 2 aromatic carbocycles. The molecule has 3 rings (SSSR count). The molecular formula is C16H10ClN5O. The molecule has 0 aliphatic heterocycles. The van der Waals surface area contributed by atoms with Crippen molar-refractivity contribution in [3.8, 4) is 6.07 Å². The second-order valence-corrected chi connectivity index (χ2v) is 5.06. The maximum absolute atomic E-state index is 12.0. The van der Waals surface area contributed by atoms with Gasteiger partial charge < -0.3 is 4.98 Å². The fourth-order valence-electron chi connectivity index (χ4n) is 1.97. The molecule has 1 aromatic heterocycles. The Hall–Kier alpha value is -3.17. The zero-order valence-corrected chi connectivity index (χ0v) is 12.5. The molecule has 0 saturated heterocycles. The molecule has 0 fully saturated rings. The van der Waals surface area contributed by atoms with Crippen LogP contribution < -0.4 is 11.0 Å². The van der Waals surface area contributed by atoms with Crippen molar-refractivity contribution in [1.29, 1.82) is 5.26 Å². The van der Waals surface area contributed by atoms with Crippen molar-refractivity contribution in [1.82, 2.24) is 9.97 Å². The number of fused-ring (bicyclic) bond motifs is 1. The number of nitrogens with one attached hydrogen (secondary N) is 2. The van der Waals surface area contributed by atoms with E-state index in [1.807, 2.05) is 6.07 Å². The number of anilines is 1. The lowest BCUT2D eigenvalue weighted by Gasteiger charge is -2.03. The van der Waals surface area contributed by atoms with Gasteiger partial charge in [-0.1, -0.05) is 23.7 Å². The Labute approximate surface area is 136 Å². The van der Waals surface area contributed by atoms with Gasteiger partial charge in [0.1, 0.15) is 6.07 Å². The fraction of sp³-hybridized carbons (Fsp3) is 0. The van der Waals surface area contributed by atoms with E-state index in [1.54, 1.807) is 48.5 Å². The molecule has 0 bridgehead atoms. The Kier molecular flexibility index (Phi) is 4.04. The first kappa shape index (κ1) is 14.8. The van der Waals surface area contributed by atoms with E-state index >= 15 is 0 Å². The van der Waals surface area contributed by atoms with Crippen LogP contribution in [0.3, 0.4) is 0 Å². The Morgan fingerprint density at radius 1 is 1.22 bits per heavy atom. The second-order valence-electron chi connectivity index (χ2n) is 4.62. The number of hydrogen-bond acceptors (Lipinski definition) is 5. The van der Waals surface area contributed by atoms with Gasteiger partial charge in [0.25, 0.3) is 5.56 Å². The zero-order valence-electron chi connectivity index (χ0n) is 11.7. The summed E-state index contributed by atoms with van der Waals surface area (Å²) >= 11 is 5.80. The standard InChI is InChI=1S/C16H10ClN5O/c17-10-5-7-11(8-6-10)21-22-14(9-18)15-19-13-4-2-1-3-12(13)16(23)20-15/h1-8,21H,(H,19,20,23)/b22-14-. The van der Waals surface area contributed by atoms with Crippen molar-refractivity contribution < 1.29 is 0 Å². The number of benzene rings is 2. The topological polar surface area (TPSA) is 93.9 Å². The monoisotopic (exact) mass is 323 g/mol. The maximum Gasteiger partial charge on any atom is 0.259 e. The van der Waals surface area contributed by atoms with Crippen LogP contribution in [0.4, 0.5) is 5.69 Å². The molecule has 1 heterocycles. The first-order chi connectivity index (χ1) is 11.2. The summed E-state index contributed by atoms with van der Waals surface area (Å²) < 4.78 is 0. The van der Waals surface area contributed by atoms with Crippen molar-refractivity contribution in [3.63, 3.8) is 0 Å². The van der Waals surface area contributed by atoms with Gasteiger partial charge in [0.15, 0.2) is 5.82 Å². The van der Waals surface area contributed by atoms with Crippen LogP contribution in [0.15, 0.2) is 58.4 Å². The van der Waals surface area contributed by atoms with Crippen LogP contribution >= 0.6 is 11.6 Å². The molecule has 0 amide bonds. The van der Waals surface area contributed by atoms with Gasteiger partial charge in [0.2, 0.25) is 5.71 Å². The van der Waals surface area contributed by atoms with E-state index in [0.29, 0.717) is 21.6 Å². The minimum absolute atomic E-state index is 0.0252. The van der Waals surface area contributed by atoms with Gasteiger partial charge >= 0.3 is 0 Å². The van der Waals surface area contributed by atoms with Crippen molar-refractivity contribution in [3.05, 3.63) is 69.7 Å². The van der Waals surface area contributed by atoms with Crippen LogP contribution in [0.5, 0.6) is 0 Å². The van der Waals surface area contributed by atoms with Gasteiger partial charge in [-0.05, 0) is 36.4 Å². The van der Waals surface area contributed by atoms with Crippen molar-refractivity contribution in [2.45, 2.75) is 0 Å². The van der Waals surface area contributed by atoms with Crippen molar-refractivity contribution >= 4 is 33.9 Å². The highest BCUT2D eigenvalue weighted by molar-refractivity contribution is 6.30. The number of hydrogen-bond donors (Lipinski definition) is 2. The molecular weight excluding hydrogens is 314 g/mol. The van der Waals surface area contributed by atoms with Crippen LogP contribution in [0, 0.1) is 11.3 Å². The van der Waals surface area contributed by atoms with Gasteiger partial charge in [-0.15, -0.1) is 0 Å². The predicted molar refractivity (Wildman–Crippen MR) is 89.6 cm³/mol. The van der Waals surface area contributed by atoms with E-state index in [2.05, 4.69) is 20.5 Å². The summed E-state index contributed by atoms with van der Waals surface area (Å²) in [5, 5.41) is 14.3. The Balaban J connectivity index is 1.97. The predicted octanol–water partition coefficient (Wildman–Crippen LogP) is 2.92. The van der Waals surface area contributed by atoms with Crippen LogP contribution in [0.25, 0.3) is 10.9 Å². The van der Waals surface area contributed by atoms with Gasteiger partial charge in [0.05, 0.1) is 16.6 Å². The largest absolute Gasteiger partial charge is 0.304 e. The third kappa shape index (κ3) is 3.20. The molecule has 0 atom stereocenters. The van der Waals surface area contributed by atoms with E-state index in [9.17, 15) is 10.1 Å². The highest BCUT2D eigenvalue weighted by atomic mass is 35.5.